The number of pyridine rings is 1. The zero-order valence-electron chi connectivity index (χ0n) is 17.2. The molecule has 2 aliphatic rings. The summed E-state index contributed by atoms with van der Waals surface area (Å²) in [5.41, 5.74) is 8.52. The van der Waals surface area contributed by atoms with Gasteiger partial charge in [0.25, 0.3) is 0 Å². The van der Waals surface area contributed by atoms with Crippen molar-refractivity contribution in [1.29, 1.82) is 0 Å². The van der Waals surface area contributed by atoms with Crippen LogP contribution < -0.4 is 10.7 Å². The van der Waals surface area contributed by atoms with E-state index >= 15 is 0 Å². The molecule has 7 rings (SSSR count). The van der Waals surface area contributed by atoms with Gasteiger partial charge in [-0.15, -0.1) is 0 Å². The van der Waals surface area contributed by atoms with Gasteiger partial charge in [0.2, 0.25) is 0 Å². The van der Waals surface area contributed by atoms with E-state index in [-0.39, 0.29) is 0 Å². The van der Waals surface area contributed by atoms with Gasteiger partial charge in [-0.25, -0.2) is 9.98 Å². The normalized spacial score (nSPS) is 12.2. The molecule has 5 aromatic rings. The van der Waals surface area contributed by atoms with Crippen LogP contribution in [0.5, 0.6) is 0 Å². The number of para-hydroxylation sites is 1. The Morgan fingerprint density at radius 2 is 1.34 bits per heavy atom. The average molecular weight is 407 g/mol. The van der Waals surface area contributed by atoms with Gasteiger partial charge in [0.05, 0.1) is 27.8 Å². The van der Waals surface area contributed by atoms with Gasteiger partial charge >= 0.3 is 0 Å². The highest BCUT2D eigenvalue weighted by atomic mass is 14.8. The highest BCUT2D eigenvalue weighted by molar-refractivity contribution is 5.99. The Morgan fingerprint density at radius 3 is 2.28 bits per heavy atom. The van der Waals surface area contributed by atoms with Crippen molar-refractivity contribution in [3.63, 3.8) is 0 Å². The maximum Gasteiger partial charge on any atom is 0.0817 e. The molecular weight excluding hydrogens is 390 g/mol. The molecule has 148 valence electrons. The first-order chi connectivity index (χ1) is 15.9. The summed E-state index contributed by atoms with van der Waals surface area (Å²) in [6, 6.07) is 33.5. The molecule has 0 bridgehead atoms. The first-order valence-corrected chi connectivity index (χ1v) is 10.7. The molecule has 0 fully saturated rings. The smallest absolute Gasteiger partial charge is 0.0817 e. The van der Waals surface area contributed by atoms with Gasteiger partial charge < -0.3 is 0 Å². The fraction of sp³-hybridized carbons (Fsp3) is 0. The van der Waals surface area contributed by atoms with Crippen molar-refractivity contribution in [1.82, 2.24) is 4.98 Å². The zero-order valence-corrected chi connectivity index (χ0v) is 17.2. The summed E-state index contributed by atoms with van der Waals surface area (Å²) in [5.74, 6) is 0. The van der Waals surface area contributed by atoms with E-state index in [1.165, 1.54) is 10.4 Å². The fourth-order valence-electron chi connectivity index (χ4n) is 4.87. The van der Waals surface area contributed by atoms with E-state index in [1.807, 2.05) is 24.4 Å². The number of rotatable bonds is 2. The van der Waals surface area contributed by atoms with Crippen LogP contribution in [-0.2, 0) is 0 Å². The lowest BCUT2D eigenvalue weighted by molar-refractivity contribution is 1.32. The van der Waals surface area contributed by atoms with Crippen LogP contribution in [0, 0.1) is 10.4 Å². The molecule has 3 nitrogen and oxygen atoms in total. The van der Waals surface area contributed by atoms with Crippen LogP contribution in [-0.4, -0.2) is 4.98 Å². The minimum absolute atomic E-state index is 0.965. The van der Waals surface area contributed by atoms with E-state index in [4.69, 9.17) is 15.0 Å². The lowest BCUT2D eigenvalue weighted by atomic mass is 9.92. The highest BCUT2D eigenvalue weighted by Crippen LogP contribution is 2.46. The zero-order chi connectivity index (χ0) is 21.1. The Kier molecular flexibility index (Phi) is 3.55. The van der Waals surface area contributed by atoms with Crippen LogP contribution in [0.3, 0.4) is 0 Å². The topological polar surface area (TPSA) is 37.6 Å². The Bertz CT molecular complexity index is 1770. The van der Waals surface area contributed by atoms with Gasteiger partial charge in [0.1, 0.15) is 0 Å². The minimum Gasteiger partial charge on any atom is -0.256 e. The van der Waals surface area contributed by atoms with Crippen molar-refractivity contribution in [2.75, 3.05) is 0 Å². The molecule has 0 aliphatic carbocycles. The van der Waals surface area contributed by atoms with Gasteiger partial charge in [0.15, 0.2) is 0 Å². The van der Waals surface area contributed by atoms with E-state index in [0.29, 0.717) is 0 Å². The summed E-state index contributed by atoms with van der Waals surface area (Å²) in [6.07, 6.45) is 1.86. The molecule has 4 aromatic carbocycles. The summed E-state index contributed by atoms with van der Waals surface area (Å²) in [5, 5.41) is 4.34. The van der Waals surface area contributed by atoms with Crippen molar-refractivity contribution in [3.8, 4) is 33.5 Å². The van der Waals surface area contributed by atoms with Crippen LogP contribution in [0.2, 0.25) is 0 Å². The fourth-order valence-corrected chi connectivity index (χ4v) is 4.87. The molecule has 0 unspecified atom stereocenters. The third-order valence-electron chi connectivity index (χ3n) is 6.26. The number of hydrogen-bond donors (Lipinski definition) is 0. The Hall–Kier alpha value is -4.37. The molecule has 32 heavy (non-hydrogen) atoms. The quantitative estimate of drug-likeness (QED) is 0.352. The van der Waals surface area contributed by atoms with E-state index in [2.05, 4.69) is 78.9 Å². The Balaban J connectivity index is 1.55. The Labute approximate surface area is 184 Å². The predicted molar refractivity (Wildman–Crippen MR) is 126 cm³/mol. The van der Waals surface area contributed by atoms with Crippen LogP contribution in [0.1, 0.15) is 0 Å². The third kappa shape index (κ3) is 2.39. The molecule has 0 radical (unpaired) electrons. The molecule has 0 saturated heterocycles. The minimum atomic E-state index is 0.965. The number of fused-ring (bicyclic) bond motifs is 6. The highest BCUT2D eigenvalue weighted by Gasteiger charge is 2.25. The molecule has 2 aliphatic heterocycles. The molecule has 3 heteroatoms. The predicted octanol–water partition coefficient (Wildman–Crippen LogP) is 5.90. The summed E-state index contributed by atoms with van der Waals surface area (Å²) in [6.45, 7) is 0. The maximum absolute atomic E-state index is 5.02. The first kappa shape index (κ1) is 17.3. The molecule has 3 heterocycles. The Morgan fingerprint density at radius 1 is 0.500 bits per heavy atom. The van der Waals surface area contributed by atoms with Crippen molar-refractivity contribution in [2.45, 2.75) is 0 Å². The standard InChI is InChI=1S/C29H17N3/c1-2-8-18(9-3-1)19-12-7-17-30-28(19)22-11-6-14-24-26(22)27-25(31-24)16-15-21-20-10-4-5-13-23(20)32-29(21)27/h1-17H. The van der Waals surface area contributed by atoms with Crippen LogP contribution >= 0.6 is 0 Å². The van der Waals surface area contributed by atoms with Crippen molar-refractivity contribution in [2.24, 2.45) is 9.98 Å². The molecule has 0 atom stereocenters. The van der Waals surface area contributed by atoms with Gasteiger partial charge in [-0.1, -0.05) is 66.7 Å². The molecule has 0 amide bonds. The maximum atomic E-state index is 5.02. The lowest BCUT2D eigenvalue weighted by Crippen LogP contribution is -2.01. The number of nitrogens with zero attached hydrogens (tertiary/aromatic N) is 3. The van der Waals surface area contributed by atoms with E-state index in [0.717, 1.165) is 55.6 Å². The SMILES string of the molecule is c1ccc(-c2cccnc2-c2cccc3c2-c2c4c(ccc2=N3)=c2ccccc2=N4)cc1. The summed E-state index contributed by atoms with van der Waals surface area (Å²) >= 11 is 0. The number of hydrogen-bond acceptors (Lipinski definition) is 3. The molecule has 0 spiro atoms. The molecular formula is C29H17N3. The van der Waals surface area contributed by atoms with Crippen LogP contribution in [0.25, 0.3) is 33.5 Å². The lowest BCUT2D eigenvalue weighted by Gasteiger charge is -2.14. The third-order valence-corrected chi connectivity index (χ3v) is 6.26. The average Bonchev–Trinajstić information content (AvgIpc) is 3.42. The largest absolute Gasteiger partial charge is 0.256 e. The second-order valence-electron chi connectivity index (χ2n) is 8.06. The van der Waals surface area contributed by atoms with Gasteiger partial charge in [-0.05, 0) is 35.9 Å². The summed E-state index contributed by atoms with van der Waals surface area (Å²) in [4.78, 5) is 14.8. The molecule has 0 saturated carbocycles. The van der Waals surface area contributed by atoms with Crippen molar-refractivity contribution in [3.05, 3.63) is 124 Å². The van der Waals surface area contributed by atoms with Crippen molar-refractivity contribution < 1.29 is 0 Å². The van der Waals surface area contributed by atoms with E-state index in [9.17, 15) is 0 Å². The summed E-state index contributed by atoms with van der Waals surface area (Å²) in [7, 11) is 0. The number of benzene rings is 4. The van der Waals surface area contributed by atoms with Crippen LogP contribution in [0.4, 0.5) is 11.4 Å². The number of aromatic nitrogens is 1. The summed E-state index contributed by atoms with van der Waals surface area (Å²) < 4.78 is 0. The monoisotopic (exact) mass is 407 g/mol. The van der Waals surface area contributed by atoms with E-state index in [1.54, 1.807) is 0 Å². The van der Waals surface area contributed by atoms with E-state index < -0.39 is 0 Å². The van der Waals surface area contributed by atoms with Gasteiger partial charge in [-0.3, -0.25) is 4.98 Å². The van der Waals surface area contributed by atoms with Gasteiger partial charge in [0, 0.05) is 38.9 Å². The molecule has 1 aromatic heterocycles. The first-order valence-electron chi connectivity index (χ1n) is 10.7. The molecule has 0 N–H and O–H groups in total. The second-order valence-corrected chi connectivity index (χ2v) is 8.06. The van der Waals surface area contributed by atoms with Crippen LogP contribution in [0.15, 0.2) is 113 Å². The second kappa shape index (κ2) is 6.56. The van der Waals surface area contributed by atoms with Gasteiger partial charge in [-0.2, -0.15) is 0 Å². The van der Waals surface area contributed by atoms with Crippen molar-refractivity contribution >= 4 is 11.4 Å².